The minimum atomic E-state index is -1.24. The number of fused-ring (bicyclic) bond motifs is 6. The number of nitrogens with zero attached hydrogens (tertiary/aromatic N) is 3. The lowest BCUT2D eigenvalue weighted by Gasteiger charge is -2.45. The normalized spacial score (nSPS) is 21.7. The van der Waals surface area contributed by atoms with Crippen LogP contribution in [0.15, 0.2) is 88.6 Å². The summed E-state index contributed by atoms with van der Waals surface area (Å²) in [5, 5.41) is 13.9. The van der Waals surface area contributed by atoms with Gasteiger partial charge in [0.1, 0.15) is 11.7 Å². The number of aromatic nitrogens is 1. The molecule has 0 aliphatic carbocycles. The van der Waals surface area contributed by atoms with Crippen LogP contribution in [-0.4, -0.2) is 21.1 Å². The average molecular weight is 513 g/mol. The van der Waals surface area contributed by atoms with Crippen molar-refractivity contribution in [2.75, 3.05) is 5.32 Å². The van der Waals surface area contributed by atoms with Crippen molar-refractivity contribution >= 4 is 34.7 Å². The zero-order valence-electron chi connectivity index (χ0n) is 19.5. The molecule has 1 amide bonds. The van der Waals surface area contributed by atoms with Gasteiger partial charge in [-0.15, -0.1) is 0 Å². The van der Waals surface area contributed by atoms with Crippen LogP contribution in [0.5, 0.6) is 5.75 Å². The first-order valence-corrected chi connectivity index (χ1v) is 12.4. The van der Waals surface area contributed by atoms with Gasteiger partial charge in [0, 0.05) is 23.4 Å². The van der Waals surface area contributed by atoms with Crippen molar-refractivity contribution in [2.24, 2.45) is 10.9 Å². The van der Waals surface area contributed by atoms with Crippen LogP contribution in [0.3, 0.4) is 0 Å². The van der Waals surface area contributed by atoms with Crippen LogP contribution in [0.4, 0.5) is 11.4 Å². The molecule has 0 saturated carbocycles. The van der Waals surface area contributed by atoms with Gasteiger partial charge >= 0.3 is 0 Å². The first kappa shape index (κ1) is 22.9. The Morgan fingerprint density at radius 3 is 2.54 bits per heavy atom. The maximum Gasteiger partial charge on any atom is 0.270 e. The summed E-state index contributed by atoms with van der Waals surface area (Å²) in [7, 11) is 0. The van der Waals surface area contributed by atoms with E-state index >= 15 is 0 Å². The average Bonchev–Trinajstić information content (AvgIpc) is 3.17. The van der Waals surface area contributed by atoms with Crippen LogP contribution in [-0.2, 0) is 4.79 Å². The molecule has 3 atom stereocenters. The van der Waals surface area contributed by atoms with Gasteiger partial charge in [-0.3, -0.25) is 24.3 Å². The number of carbonyl (C=O) groups excluding carboxylic acids is 1. The summed E-state index contributed by atoms with van der Waals surface area (Å²) in [6, 6.07) is 21.8. The van der Waals surface area contributed by atoms with Gasteiger partial charge in [-0.1, -0.05) is 47.7 Å². The minimum Gasteiger partial charge on any atom is -0.465 e. The van der Waals surface area contributed by atoms with E-state index in [-0.39, 0.29) is 17.2 Å². The third kappa shape index (κ3) is 3.82. The van der Waals surface area contributed by atoms with Gasteiger partial charge < -0.3 is 10.1 Å². The number of non-ortho nitro benzene ring substituents is 1. The number of ether oxygens (including phenoxy) is 1. The minimum absolute atomic E-state index is 0.0305. The fourth-order valence-electron chi connectivity index (χ4n) is 4.93. The van der Waals surface area contributed by atoms with Gasteiger partial charge in [-0.2, -0.15) is 0 Å². The fraction of sp³-hybridized carbons (Fsp3) is 0.148. The van der Waals surface area contributed by atoms with E-state index in [4.69, 9.17) is 9.73 Å². The largest absolute Gasteiger partial charge is 0.465 e. The van der Waals surface area contributed by atoms with Crippen molar-refractivity contribution < 1.29 is 14.5 Å². The molecule has 3 heterocycles. The quantitative estimate of drug-likeness (QED) is 0.333. The number of hydrogen-bond acceptors (Lipinski definition) is 7. The number of anilines is 1. The summed E-state index contributed by atoms with van der Waals surface area (Å²) in [6.07, 6.45) is 1.68. The van der Waals surface area contributed by atoms with E-state index in [2.05, 4.69) is 5.32 Å². The number of nitro benzene ring substituents is 1. The van der Waals surface area contributed by atoms with Crippen LogP contribution in [0.1, 0.15) is 24.1 Å². The molecule has 184 valence electrons. The molecule has 9 nitrogen and oxygen atoms in total. The Balaban J connectivity index is 1.51. The Morgan fingerprint density at radius 1 is 1.11 bits per heavy atom. The van der Waals surface area contributed by atoms with E-state index in [0.29, 0.717) is 26.3 Å². The molecule has 0 saturated heterocycles. The number of nitrogens with one attached hydrogen (secondary N) is 1. The SMILES string of the molecule is C[C@]12N=c3s/c(=C/c4ccc([N+](=O)[O-])cc4)c(=O)n3[C@@H](c3ccccc3O1)[C@H]2C(=O)Nc1ccccc1. The predicted molar refractivity (Wildman–Crippen MR) is 138 cm³/mol. The number of benzene rings is 3. The molecule has 4 aromatic rings. The molecule has 0 unspecified atom stereocenters. The Bertz CT molecular complexity index is 1730. The summed E-state index contributed by atoms with van der Waals surface area (Å²) >= 11 is 1.20. The van der Waals surface area contributed by atoms with Gasteiger partial charge in [0.05, 0.1) is 15.5 Å². The third-order valence-electron chi connectivity index (χ3n) is 6.61. The summed E-state index contributed by atoms with van der Waals surface area (Å²) in [6.45, 7) is 1.76. The molecule has 10 heteroatoms. The predicted octanol–water partition coefficient (Wildman–Crippen LogP) is 3.23. The number of carbonyl (C=O) groups is 1. The van der Waals surface area contributed by atoms with Crippen LogP contribution in [0.25, 0.3) is 6.08 Å². The lowest BCUT2D eigenvalue weighted by Crippen LogP contribution is -2.59. The highest BCUT2D eigenvalue weighted by molar-refractivity contribution is 7.07. The molecule has 6 rings (SSSR count). The van der Waals surface area contributed by atoms with Gasteiger partial charge in [0.15, 0.2) is 4.80 Å². The van der Waals surface area contributed by atoms with Crippen LogP contribution in [0, 0.1) is 16.0 Å². The molecular formula is C27H20N4O5S. The van der Waals surface area contributed by atoms with Crippen LogP contribution < -0.4 is 24.9 Å². The Morgan fingerprint density at radius 2 is 1.81 bits per heavy atom. The van der Waals surface area contributed by atoms with E-state index in [1.807, 2.05) is 42.5 Å². The molecule has 3 aromatic carbocycles. The second-order valence-electron chi connectivity index (χ2n) is 9.00. The highest BCUT2D eigenvalue weighted by atomic mass is 32.1. The van der Waals surface area contributed by atoms with Crippen molar-refractivity contribution in [2.45, 2.75) is 18.7 Å². The molecule has 37 heavy (non-hydrogen) atoms. The molecule has 1 aromatic heterocycles. The Labute approximate surface area is 214 Å². The number of hydrogen-bond donors (Lipinski definition) is 1. The topological polar surface area (TPSA) is 116 Å². The zero-order chi connectivity index (χ0) is 25.7. The van der Waals surface area contributed by atoms with Gasteiger partial charge in [-0.25, -0.2) is 4.99 Å². The summed E-state index contributed by atoms with van der Waals surface area (Å²) in [5.41, 5.74) is 0.454. The lowest BCUT2D eigenvalue weighted by atomic mass is 9.80. The third-order valence-corrected chi connectivity index (χ3v) is 7.59. The highest BCUT2D eigenvalue weighted by Crippen LogP contribution is 2.47. The number of para-hydroxylation sites is 2. The van der Waals surface area contributed by atoms with E-state index < -0.39 is 22.6 Å². The summed E-state index contributed by atoms with van der Waals surface area (Å²) in [4.78, 5) is 43.2. The maximum absolute atomic E-state index is 13.7. The Kier molecular flexibility index (Phi) is 5.27. The lowest BCUT2D eigenvalue weighted by molar-refractivity contribution is -0.384. The second kappa shape index (κ2) is 8.52. The highest BCUT2D eigenvalue weighted by Gasteiger charge is 2.55. The second-order valence-corrected chi connectivity index (χ2v) is 10.0. The van der Waals surface area contributed by atoms with Crippen LogP contribution >= 0.6 is 11.3 Å². The van der Waals surface area contributed by atoms with E-state index in [0.717, 1.165) is 5.56 Å². The molecule has 2 bridgehead atoms. The monoisotopic (exact) mass is 512 g/mol. The molecule has 0 fully saturated rings. The first-order chi connectivity index (χ1) is 17.8. The van der Waals surface area contributed by atoms with Crippen molar-refractivity contribution in [3.8, 4) is 5.75 Å². The van der Waals surface area contributed by atoms with E-state index in [1.54, 1.807) is 41.8 Å². The number of thiazole rings is 1. The van der Waals surface area contributed by atoms with E-state index in [9.17, 15) is 19.7 Å². The van der Waals surface area contributed by atoms with Crippen molar-refractivity contribution in [1.29, 1.82) is 0 Å². The van der Waals surface area contributed by atoms with Gasteiger partial charge in [0.25, 0.3) is 11.2 Å². The van der Waals surface area contributed by atoms with Crippen molar-refractivity contribution in [3.05, 3.63) is 120 Å². The molecule has 0 radical (unpaired) electrons. The summed E-state index contributed by atoms with van der Waals surface area (Å²) < 4.78 is 8.29. The molecule has 0 spiro atoms. The molecule has 1 N–H and O–H groups in total. The molecule has 2 aliphatic heterocycles. The first-order valence-electron chi connectivity index (χ1n) is 11.6. The Hall–Kier alpha value is -4.57. The molecule has 2 aliphatic rings. The van der Waals surface area contributed by atoms with Gasteiger partial charge in [0.2, 0.25) is 11.6 Å². The maximum atomic E-state index is 13.7. The number of amides is 1. The fourth-order valence-corrected chi connectivity index (χ4v) is 6.03. The van der Waals surface area contributed by atoms with Crippen molar-refractivity contribution in [1.82, 2.24) is 4.57 Å². The van der Waals surface area contributed by atoms with Crippen LogP contribution in [0.2, 0.25) is 0 Å². The molecular weight excluding hydrogens is 492 g/mol. The van der Waals surface area contributed by atoms with Gasteiger partial charge in [-0.05, 0) is 48.9 Å². The zero-order valence-corrected chi connectivity index (χ0v) is 20.3. The smallest absolute Gasteiger partial charge is 0.270 e. The number of rotatable bonds is 4. The summed E-state index contributed by atoms with van der Waals surface area (Å²) in [5.74, 6) is -0.539. The van der Waals surface area contributed by atoms with E-state index in [1.165, 1.54) is 23.5 Å². The number of nitro groups is 1. The van der Waals surface area contributed by atoms with Crippen molar-refractivity contribution in [3.63, 3.8) is 0 Å². The standard InChI is InChI=1S/C27H20N4O5S/c1-27-22(24(32)28-17-7-3-2-4-8-17)23(19-9-5-6-10-20(19)36-27)30-25(33)21(37-26(30)29-27)15-16-11-13-18(14-12-16)31(34)35/h2-15,22-23H,1H3,(H,28,32)/b21-15+/t22-,23-,27-/m0/s1.